The number of hydrogen-bond acceptors (Lipinski definition) is 3. The first-order chi connectivity index (χ1) is 10.5. The van der Waals surface area contributed by atoms with Crippen molar-refractivity contribution in [2.45, 2.75) is 19.4 Å². The molecular weight excluding hydrogens is 296 g/mol. The van der Waals surface area contributed by atoms with Crippen LogP contribution in [0.25, 0.3) is 0 Å². The van der Waals surface area contributed by atoms with Crippen LogP contribution in [0.4, 0.5) is 13.2 Å². The van der Waals surface area contributed by atoms with Crippen LogP contribution < -0.4 is 10.2 Å². The lowest BCUT2D eigenvalue weighted by Gasteiger charge is -2.17. The SMILES string of the molecule is OB1OCc2ccc(OCc3ccccc3)c(C(F)(F)F)c21. The molecule has 1 aliphatic heterocycles. The minimum absolute atomic E-state index is 0.0136. The number of halogens is 3. The average molecular weight is 308 g/mol. The molecule has 0 aliphatic carbocycles. The molecule has 3 nitrogen and oxygen atoms in total. The first-order valence-electron chi connectivity index (χ1n) is 6.66. The smallest absolute Gasteiger partial charge is 0.488 e. The van der Waals surface area contributed by atoms with Crippen LogP contribution >= 0.6 is 0 Å². The maximum Gasteiger partial charge on any atom is 0.492 e. The van der Waals surface area contributed by atoms with Crippen molar-refractivity contribution in [1.82, 2.24) is 0 Å². The van der Waals surface area contributed by atoms with Crippen LogP contribution in [-0.2, 0) is 24.0 Å². The minimum atomic E-state index is -4.63. The van der Waals surface area contributed by atoms with E-state index in [4.69, 9.17) is 9.39 Å². The summed E-state index contributed by atoms with van der Waals surface area (Å²) in [6.07, 6.45) is -4.63. The topological polar surface area (TPSA) is 38.7 Å². The second kappa shape index (κ2) is 5.66. The van der Waals surface area contributed by atoms with Gasteiger partial charge in [-0.25, -0.2) is 0 Å². The van der Waals surface area contributed by atoms with E-state index in [-0.39, 0.29) is 24.4 Å². The summed E-state index contributed by atoms with van der Waals surface area (Å²) >= 11 is 0. The van der Waals surface area contributed by atoms with Crippen LogP contribution in [-0.4, -0.2) is 12.1 Å². The Morgan fingerprint density at radius 1 is 1.14 bits per heavy atom. The molecule has 0 saturated heterocycles. The van der Waals surface area contributed by atoms with E-state index < -0.39 is 18.9 Å². The average Bonchev–Trinajstić information content (AvgIpc) is 2.86. The molecule has 0 radical (unpaired) electrons. The van der Waals surface area contributed by atoms with Crippen molar-refractivity contribution >= 4 is 12.6 Å². The molecule has 1 heterocycles. The summed E-state index contributed by atoms with van der Waals surface area (Å²) in [6.45, 7) is -0.0296. The molecule has 0 unspecified atom stereocenters. The van der Waals surface area contributed by atoms with Crippen molar-refractivity contribution in [3.63, 3.8) is 0 Å². The van der Waals surface area contributed by atoms with Gasteiger partial charge in [0.1, 0.15) is 12.4 Å². The molecular formula is C15H12BF3O3. The molecule has 1 N–H and O–H groups in total. The zero-order valence-electron chi connectivity index (χ0n) is 11.4. The van der Waals surface area contributed by atoms with Gasteiger partial charge in [-0.3, -0.25) is 0 Å². The van der Waals surface area contributed by atoms with Crippen molar-refractivity contribution in [1.29, 1.82) is 0 Å². The lowest BCUT2D eigenvalue weighted by molar-refractivity contribution is -0.138. The van der Waals surface area contributed by atoms with Gasteiger partial charge in [-0.15, -0.1) is 0 Å². The highest BCUT2D eigenvalue weighted by Crippen LogP contribution is 2.37. The van der Waals surface area contributed by atoms with Gasteiger partial charge in [0.25, 0.3) is 0 Å². The third kappa shape index (κ3) is 2.82. The molecule has 1 aliphatic rings. The number of hydrogen-bond donors (Lipinski definition) is 1. The van der Waals surface area contributed by atoms with E-state index in [1.54, 1.807) is 24.3 Å². The second-order valence-corrected chi connectivity index (χ2v) is 4.95. The third-order valence-electron chi connectivity index (χ3n) is 3.46. The van der Waals surface area contributed by atoms with Gasteiger partial charge in [-0.05, 0) is 17.2 Å². The summed E-state index contributed by atoms with van der Waals surface area (Å²) < 4.78 is 50.3. The Morgan fingerprint density at radius 3 is 2.55 bits per heavy atom. The van der Waals surface area contributed by atoms with Crippen molar-refractivity contribution in [3.05, 3.63) is 59.2 Å². The number of alkyl halides is 3. The standard InChI is InChI=1S/C15H12BF3O3/c17-15(18,19)13-12(21-8-10-4-2-1-3-5-10)7-6-11-9-22-16(20)14(11)13/h1-7,20H,8-9H2. The van der Waals surface area contributed by atoms with E-state index >= 15 is 0 Å². The Kier molecular flexibility index (Phi) is 3.84. The number of benzene rings is 2. The Bertz CT molecular complexity index is 674. The van der Waals surface area contributed by atoms with Gasteiger partial charge >= 0.3 is 13.3 Å². The zero-order chi connectivity index (χ0) is 15.7. The fourth-order valence-corrected chi connectivity index (χ4v) is 2.45. The first kappa shape index (κ1) is 14.9. The van der Waals surface area contributed by atoms with Gasteiger partial charge in [-0.1, -0.05) is 36.4 Å². The molecule has 0 spiro atoms. The predicted octanol–water partition coefficient (Wildman–Crippen LogP) is 2.50. The van der Waals surface area contributed by atoms with E-state index in [2.05, 4.69) is 0 Å². The molecule has 0 bridgehead atoms. The van der Waals surface area contributed by atoms with Gasteiger partial charge in [-0.2, -0.15) is 13.2 Å². The molecule has 0 fully saturated rings. The van der Waals surface area contributed by atoms with Crippen LogP contribution in [0.3, 0.4) is 0 Å². The molecule has 2 aromatic rings. The summed E-state index contributed by atoms with van der Waals surface area (Å²) in [4.78, 5) is 0. The maximum atomic E-state index is 13.4. The zero-order valence-corrected chi connectivity index (χ0v) is 11.4. The molecule has 0 atom stereocenters. The fourth-order valence-electron chi connectivity index (χ4n) is 2.45. The third-order valence-corrected chi connectivity index (χ3v) is 3.46. The highest BCUT2D eigenvalue weighted by atomic mass is 19.4. The summed E-state index contributed by atoms with van der Waals surface area (Å²) in [5.41, 5.74) is -0.135. The molecule has 22 heavy (non-hydrogen) atoms. The maximum absolute atomic E-state index is 13.4. The van der Waals surface area contributed by atoms with Gasteiger partial charge in [0, 0.05) is 5.46 Å². The Labute approximate surface area is 125 Å². The molecule has 3 rings (SSSR count). The Balaban J connectivity index is 1.96. The van der Waals surface area contributed by atoms with Crippen LogP contribution in [0.5, 0.6) is 5.75 Å². The van der Waals surface area contributed by atoms with Crippen LogP contribution in [0.1, 0.15) is 16.7 Å². The molecule has 0 aromatic heterocycles. The summed E-state index contributed by atoms with van der Waals surface area (Å²) in [6, 6.07) is 11.7. The number of fused-ring (bicyclic) bond motifs is 1. The molecule has 7 heteroatoms. The van der Waals surface area contributed by atoms with E-state index in [1.807, 2.05) is 6.07 Å². The molecule has 2 aromatic carbocycles. The minimum Gasteiger partial charge on any atom is -0.488 e. The van der Waals surface area contributed by atoms with Gasteiger partial charge in [0.05, 0.1) is 12.2 Å². The highest BCUT2D eigenvalue weighted by molar-refractivity contribution is 6.62. The van der Waals surface area contributed by atoms with Crippen molar-refractivity contribution in [3.8, 4) is 5.75 Å². The van der Waals surface area contributed by atoms with Crippen LogP contribution in [0, 0.1) is 0 Å². The number of ether oxygens (including phenoxy) is 1. The summed E-state index contributed by atoms with van der Waals surface area (Å²) in [5, 5.41) is 9.66. The largest absolute Gasteiger partial charge is 0.492 e. The van der Waals surface area contributed by atoms with Gasteiger partial charge < -0.3 is 14.4 Å². The van der Waals surface area contributed by atoms with Crippen molar-refractivity contribution in [2.75, 3.05) is 0 Å². The van der Waals surface area contributed by atoms with Crippen molar-refractivity contribution < 1.29 is 27.6 Å². The molecule has 0 amide bonds. The molecule has 114 valence electrons. The quantitative estimate of drug-likeness (QED) is 0.886. The van der Waals surface area contributed by atoms with Crippen LogP contribution in [0.2, 0.25) is 0 Å². The highest BCUT2D eigenvalue weighted by Gasteiger charge is 2.44. The van der Waals surface area contributed by atoms with Gasteiger partial charge in [0.15, 0.2) is 0 Å². The van der Waals surface area contributed by atoms with Gasteiger partial charge in [0.2, 0.25) is 0 Å². The summed E-state index contributed by atoms with van der Waals surface area (Å²) in [7, 11) is -1.58. The fraction of sp³-hybridized carbons (Fsp3) is 0.200. The monoisotopic (exact) mass is 308 g/mol. The first-order valence-corrected chi connectivity index (χ1v) is 6.66. The lowest BCUT2D eigenvalue weighted by Crippen LogP contribution is -2.35. The van der Waals surface area contributed by atoms with Crippen molar-refractivity contribution in [2.24, 2.45) is 0 Å². The van der Waals surface area contributed by atoms with E-state index in [9.17, 15) is 18.2 Å². The van der Waals surface area contributed by atoms with Crippen LogP contribution in [0.15, 0.2) is 42.5 Å². The van der Waals surface area contributed by atoms with E-state index in [0.717, 1.165) is 5.56 Å². The lowest BCUT2D eigenvalue weighted by atomic mass is 9.75. The summed E-state index contributed by atoms with van der Waals surface area (Å²) in [5.74, 6) is -0.306. The Hall–Kier alpha value is -1.99. The van der Waals surface area contributed by atoms with E-state index in [0.29, 0.717) is 5.56 Å². The predicted molar refractivity (Wildman–Crippen MR) is 74.6 cm³/mol. The second-order valence-electron chi connectivity index (χ2n) is 4.95. The number of rotatable bonds is 3. The normalized spacial score (nSPS) is 14.1. The molecule has 0 saturated carbocycles. The van der Waals surface area contributed by atoms with E-state index in [1.165, 1.54) is 12.1 Å². The Morgan fingerprint density at radius 2 is 1.86 bits per heavy atom.